The first kappa shape index (κ1) is 19.1. The highest BCUT2D eigenvalue weighted by Crippen LogP contribution is 2.44. The molecule has 0 atom stereocenters. The lowest BCUT2D eigenvalue weighted by Crippen LogP contribution is -2.54. The van der Waals surface area contributed by atoms with Crippen LogP contribution >= 0.6 is 0 Å². The fourth-order valence-electron chi connectivity index (χ4n) is 3.42. The molecule has 0 spiro atoms. The van der Waals surface area contributed by atoms with Gasteiger partial charge in [0.2, 0.25) is 6.29 Å². The monoisotopic (exact) mass is 369 g/mol. The molecule has 27 heavy (non-hydrogen) atoms. The first-order valence-corrected chi connectivity index (χ1v) is 9.01. The van der Waals surface area contributed by atoms with E-state index in [9.17, 15) is 9.59 Å². The third kappa shape index (κ3) is 3.86. The second-order valence-corrected chi connectivity index (χ2v) is 6.10. The van der Waals surface area contributed by atoms with E-state index in [1.807, 2.05) is 36.4 Å². The van der Waals surface area contributed by atoms with Crippen LogP contribution in [0, 0.1) is 0 Å². The quantitative estimate of drug-likeness (QED) is 0.570. The molecule has 0 radical (unpaired) electrons. The Morgan fingerprint density at radius 2 is 1.52 bits per heavy atom. The molecule has 1 amide bonds. The summed E-state index contributed by atoms with van der Waals surface area (Å²) < 4.78 is 16.0. The number of carbonyl (C=O) groups excluding carboxylic acids is 2. The smallest absolute Gasteiger partial charge is 0.411 e. The number of benzene rings is 2. The van der Waals surface area contributed by atoms with Crippen LogP contribution in [0.4, 0.5) is 4.79 Å². The van der Waals surface area contributed by atoms with Crippen LogP contribution in [-0.4, -0.2) is 38.1 Å². The standard InChI is InChI=1S/C21H23NO5/c1-3-26-21(14-23,27-4-2)22-20(24)25-13-19-17-11-7-5-9-15(17)16-10-6-8-12-18(16)19/h5-12,14,19H,3-4,13H2,1-2H3,(H,22,24). The number of fused-ring (bicyclic) bond motifs is 3. The van der Waals surface area contributed by atoms with E-state index in [2.05, 4.69) is 17.4 Å². The van der Waals surface area contributed by atoms with Crippen LogP contribution < -0.4 is 5.32 Å². The first-order valence-electron chi connectivity index (χ1n) is 9.01. The molecule has 0 unspecified atom stereocenters. The molecule has 0 heterocycles. The van der Waals surface area contributed by atoms with Crippen molar-refractivity contribution < 1.29 is 23.8 Å². The van der Waals surface area contributed by atoms with Crippen LogP contribution in [0.2, 0.25) is 0 Å². The summed E-state index contributed by atoms with van der Waals surface area (Å²) in [6, 6.07) is 16.1. The normalized spacial score (nSPS) is 13.0. The van der Waals surface area contributed by atoms with Gasteiger partial charge < -0.3 is 14.2 Å². The van der Waals surface area contributed by atoms with Crippen LogP contribution in [0.3, 0.4) is 0 Å². The van der Waals surface area contributed by atoms with Crippen LogP contribution in [0.25, 0.3) is 11.1 Å². The largest absolute Gasteiger partial charge is 0.448 e. The number of alkyl carbamates (subject to hydrolysis) is 1. The first-order chi connectivity index (χ1) is 13.1. The zero-order chi connectivity index (χ0) is 19.3. The Bertz CT molecular complexity index is 768. The van der Waals surface area contributed by atoms with Crippen LogP contribution in [0.15, 0.2) is 48.5 Å². The SMILES string of the molecule is CCOC(C=O)(NC(=O)OCC1c2ccccc2-c2ccccc21)OCC. The summed E-state index contributed by atoms with van der Waals surface area (Å²) in [6.45, 7) is 3.95. The van der Waals surface area contributed by atoms with Crippen molar-refractivity contribution in [1.29, 1.82) is 0 Å². The van der Waals surface area contributed by atoms with Crippen molar-refractivity contribution in [3.05, 3.63) is 59.7 Å². The highest BCUT2D eigenvalue weighted by Gasteiger charge is 2.35. The van der Waals surface area contributed by atoms with Gasteiger partial charge >= 0.3 is 12.0 Å². The maximum Gasteiger partial charge on any atom is 0.411 e. The minimum Gasteiger partial charge on any atom is -0.448 e. The minimum atomic E-state index is -1.83. The molecule has 0 saturated carbocycles. The van der Waals surface area contributed by atoms with Crippen LogP contribution in [-0.2, 0) is 19.0 Å². The van der Waals surface area contributed by atoms with E-state index in [-0.39, 0.29) is 25.7 Å². The lowest BCUT2D eigenvalue weighted by atomic mass is 9.98. The van der Waals surface area contributed by atoms with E-state index >= 15 is 0 Å². The summed E-state index contributed by atoms with van der Waals surface area (Å²) in [5.74, 6) is -1.89. The molecule has 3 rings (SSSR count). The molecule has 0 bridgehead atoms. The number of hydrogen-bond acceptors (Lipinski definition) is 5. The van der Waals surface area contributed by atoms with Gasteiger partial charge in [-0.25, -0.2) is 4.79 Å². The Balaban J connectivity index is 1.73. The summed E-state index contributed by atoms with van der Waals surface area (Å²) in [4.78, 5) is 23.7. The molecule has 2 aromatic carbocycles. The zero-order valence-electron chi connectivity index (χ0n) is 15.4. The van der Waals surface area contributed by atoms with Gasteiger partial charge in [-0.1, -0.05) is 48.5 Å². The van der Waals surface area contributed by atoms with Gasteiger partial charge in [-0.05, 0) is 36.1 Å². The van der Waals surface area contributed by atoms with Crippen molar-refractivity contribution in [3.63, 3.8) is 0 Å². The number of rotatable bonds is 8. The fourth-order valence-corrected chi connectivity index (χ4v) is 3.42. The van der Waals surface area contributed by atoms with Crippen LogP contribution in [0.1, 0.15) is 30.9 Å². The maximum atomic E-state index is 12.3. The molecule has 1 aliphatic rings. The van der Waals surface area contributed by atoms with Gasteiger partial charge in [-0.15, -0.1) is 0 Å². The highest BCUT2D eigenvalue weighted by atomic mass is 16.7. The Morgan fingerprint density at radius 1 is 1.00 bits per heavy atom. The van der Waals surface area contributed by atoms with E-state index in [1.165, 1.54) is 0 Å². The van der Waals surface area contributed by atoms with Crippen molar-refractivity contribution in [2.24, 2.45) is 0 Å². The number of ether oxygens (including phenoxy) is 3. The van der Waals surface area contributed by atoms with Crippen molar-refractivity contribution >= 4 is 12.4 Å². The molecule has 142 valence electrons. The van der Waals surface area contributed by atoms with Gasteiger partial charge in [0, 0.05) is 19.1 Å². The Labute approximate surface area is 158 Å². The number of hydrogen-bond donors (Lipinski definition) is 1. The number of aldehydes is 1. The summed E-state index contributed by atoms with van der Waals surface area (Å²) in [6.07, 6.45) is -0.354. The summed E-state index contributed by atoms with van der Waals surface area (Å²) in [7, 11) is 0. The summed E-state index contributed by atoms with van der Waals surface area (Å²) in [5.41, 5.74) is 4.52. The van der Waals surface area contributed by atoms with Gasteiger partial charge in [0.1, 0.15) is 6.61 Å². The van der Waals surface area contributed by atoms with Gasteiger partial charge in [0.05, 0.1) is 0 Å². The number of amides is 1. The van der Waals surface area contributed by atoms with Crippen LogP contribution in [0.5, 0.6) is 0 Å². The average molecular weight is 369 g/mol. The van der Waals surface area contributed by atoms with Gasteiger partial charge in [-0.3, -0.25) is 10.1 Å². The average Bonchev–Trinajstić information content (AvgIpc) is 3.00. The lowest BCUT2D eigenvalue weighted by Gasteiger charge is -2.27. The van der Waals surface area contributed by atoms with Gasteiger partial charge in [0.25, 0.3) is 0 Å². The highest BCUT2D eigenvalue weighted by molar-refractivity contribution is 5.79. The van der Waals surface area contributed by atoms with E-state index in [0.717, 1.165) is 22.3 Å². The molecule has 0 fully saturated rings. The maximum absolute atomic E-state index is 12.3. The fraction of sp³-hybridized carbons (Fsp3) is 0.333. The third-order valence-electron chi connectivity index (χ3n) is 4.49. The zero-order valence-corrected chi connectivity index (χ0v) is 15.4. The Kier molecular flexibility index (Phi) is 5.88. The van der Waals surface area contributed by atoms with Crippen molar-refractivity contribution in [2.45, 2.75) is 25.7 Å². The van der Waals surface area contributed by atoms with Crippen molar-refractivity contribution in [2.75, 3.05) is 19.8 Å². The molecule has 6 heteroatoms. The van der Waals surface area contributed by atoms with E-state index < -0.39 is 12.0 Å². The third-order valence-corrected chi connectivity index (χ3v) is 4.49. The molecule has 6 nitrogen and oxygen atoms in total. The molecule has 0 aliphatic heterocycles. The molecular weight excluding hydrogens is 346 g/mol. The van der Waals surface area contributed by atoms with E-state index in [1.54, 1.807) is 13.8 Å². The molecule has 1 N–H and O–H groups in total. The number of carbonyl (C=O) groups is 2. The van der Waals surface area contributed by atoms with Crippen molar-refractivity contribution in [3.8, 4) is 11.1 Å². The second kappa shape index (κ2) is 8.33. The van der Waals surface area contributed by atoms with Gasteiger partial charge in [-0.2, -0.15) is 0 Å². The molecule has 1 aliphatic carbocycles. The summed E-state index contributed by atoms with van der Waals surface area (Å²) in [5, 5.41) is 2.38. The second-order valence-electron chi connectivity index (χ2n) is 6.10. The Hall–Kier alpha value is -2.70. The molecule has 2 aromatic rings. The predicted molar refractivity (Wildman–Crippen MR) is 100 cm³/mol. The molecule has 0 saturated heterocycles. The minimum absolute atomic E-state index is 0.0621. The van der Waals surface area contributed by atoms with E-state index in [4.69, 9.17) is 14.2 Å². The van der Waals surface area contributed by atoms with Crippen molar-refractivity contribution in [1.82, 2.24) is 5.32 Å². The lowest BCUT2D eigenvalue weighted by molar-refractivity contribution is -0.226. The molecular formula is C21H23NO5. The predicted octanol–water partition coefficient (Wildman–Crippen LogP) is 3.45. The summed E-state index contributed by atoms with van der Waals surface area (Å²) >= 11 is 0. The topological polar surface area (TPSA) is 73.9 Å². The number of nitrogens with one attached hydrogen (secondary N) is 1. The Morgan fingerprint density at radius 3 is 2.00 bits per heavy atom. The molecule has 0 aromatic heterocycles. The van der Waals surface area contributed by atoms with Gasteiger partial charge in [0.15, 0.2) is 0 Å². The van der Waals surface area contributed by atoms with E-state index in [0.29, 0.717) is 6.29 Å².